The molecule has 0 amide bonds. The van der Waals surface area contributed by atoms with Crippen LogP contribution in [0.1, 0.15) is 47.1 Å². The average Bonchev–Trinajstić information content (AvgIpc) is 2.30. The largest absolute Gasteiger partial charge is 0.369 e. The molecule has 0 saturated heterocycles. The Bertz CT molecular complexity index is 330. The first-order valence-corrected chi connectivity index (χ1v) is 9.28. The van der Waals surface area contributed by atoms with E-state index in [4.69, 9.17) is 0 Å². The predicted molar refractivity (Wildman–Crippen MR) is 83.5 cm³/mol. The third-order valence-corrected chi connectivity index (χ3v) is 6.78. The molecule has 0 spiro atoms. The fourth-order valence-electron chi connectivity index (χ4n) is 3.33. The van der Waals surface area contributed by atoms with E-state index in [0.717, 1.165) is 4.05 Å². The van der Waals surface area contributed by atoms with Crippen LogP contribution in [0.15, 0.2) is 30.3 Å². The van der Waals surface area contributed by atoms with Gasteiger partial charge in [-0.05, 0) is 22.8 Å². The topological polar surface area (TPSA) is 0 Å². The molecule has 0 atom stereocenters. The van der Waals surface area contributed by atoms with Gasteiger partial charge in [0.25, 0.3) is 0 Å². The van der Waals surface area contributed by atoms with Gasteiger partial charge in [0.15, 0.2) is 0 Å². The lowest BCUT2D eigenvalue weighted by atomic mass is 9.66. The zero-order chi connectivity index (χ0) is 13.8. The summed E-state index contributed by atoms with van der Waals surface area (Å²) in [5.41, 5.74) is 1.95. The monoisotopic (exact) mass is 256 g/mol. The van der Waals surface area contributed by atoms with E-state index < -0.39 is 0 Å². The molecule has 0 unspecified atom stereocenters. The highest BCUT2D eigenvalue weighted by molar-refractivity contribution is 6.37. The Hall–Kier alpha value is -0.0138. The Balaban J connectivity index is 3.14. The Morgan fingerprint density at radius 3 is 1.78 bits per heavy atom. The van der Waals surface area contributed by atoms with Crippen molar-refractivity contribution in [1.82, 2.24) is 0 Å². The number of benzene rings is 1. The number of rotatable bonds is 6. The van der Waals surface area contributed by atoms with Gasteiger partial charge in [-0.25, -0.2) is 0 Å². The van der Waals surface area contributed by atoms with Gasteiger partial charge in [-0.15, -0.1) is 8.60 Å². The summed E-state index contributed by atoms with van der Waals surface area (Å²) in [6, 6.07) is 11.2. The van der Waals surface area contributed by atoms with Gasteiger partial charge >= 0.3 is 20.4 Å². The van der Waals surface area contributed by atoms with Crippen LogP contribution in [0.2, 0.25) is 8.60 Å². The highest BCUT2D eigenvalue weighted by Crippen LogP contribution is 2.43. The summed E-state index contributed by atoms with van der Waals surface area (Å²) in [6.45, 7) is 14.4. The molecule has 1 rings (SSSR count). The van der Waals surface area contributed by atoms with Crippen molar-refractivity contribution in [2.24, 2.45) is 11.8 Å². The molecule has 1 aromatic carbocycles. The third-order valence-electron chi connectivity index (χ3n) is 4.51. The van der Waals surface area contributed by atoms with E-state index in [9.17, 15) is 0 Å². The molecule has 0 saturated carbocycles. The zero-order valence-electron chi connectivity index (χ0n) is 13.0. The smallest absolute Gasteiger partial charge is 0.140 e. The van der Waals surface area contributed by atoms with Crippen molar-refractivity contribution in [3.05, 3.63) is 35.9 Å². The lowest BCUT2D eigenvalue weighted by molar-refractivity contribution is 0.244. The van der Waals surface area contributed by atoms with Crippen molar-refractivity contribution in [3.63, 3.8) is 0 Å². The van der Waals surface area contributed by atoms with Crippen LogP contribution < -0.4 is 0 Å². The van der Waals surface area contributed by atoms with E-state index in [-0.39, 0.29) is 20.4 Å². The zero-order valence-corrected chi connectivity index (χ0v) is 14.4. The number of hydrogen-bond donors (Lipinski definition) is 0. The molecule has 18 heavy (non-hydrogen) atoms. The fraction of sp³-hybridized carbons (Fsp3) is 0.647. The van der Waals surface area contributed by atoms with E-state index >= 15 is 0 Å². The van der Waals surface area contributed by atoms with Gasteiger partial charge in [0.05, 0.1) is 0 Å². The molecule has 0 fully saturated rings. The van der Waals surface area contributed by atoms with Crippen molar-refractivity contribution >= 4 is 20.4 Å². The summed E-state index contributed by atoms with van der Waals surface area (Å²) in [5, 5.41) is 0. The van der Waals surface area contributed by atoms with Gasteiger partial charge in [-0.2, -0.15) is 0 Å². The Morgan fingerprint density at radius 1 is 0.889 bits per heavy atom. The minimum atomic E-state index is 0.0125. The van der Waals surface area contributed by atoms with E-state index in [2.05, 4.69) is 71.9 Å². The third kappa shape index (κ3) is 3.51. The molecule has 0 aliphatic carbocycles. The highest BCUT2D eigenvalue weighted by Gasteiger charge is 2.37. The van der Waals surface area contributed by atoms with Crippen LogP contribution in [0.4, 0.5) is 0 Å². The van der Waals surface area contributed by atoms with E-state index in [1.807, 2.05) is 0 Å². The molecule has 0 aliphatic rings. The Kier molecular flexibility index (Phi) is 6.20. The maximum absolute atomic E-state index is 2.40. The van der Waals surface area contributed by atoms with E-state index in [1.54, 1.807) is 5.56 Å². The van der Waals surface area contributed by atoms with Crippen molar-refractivity contribution in [1.29, 1.82) is 0 Å². The maximum Gasteiger partial charge on any atom is 0.369 e. The van der Waals surface area contributed by atoms with Gasteiger partial charge < -0.3 is 0 Å². The molecular formula is C17H28Mg. The van der Waals surface area contributed by atoms with Crippen LogP contribution in [0, 0.1) is 11.8 Å². The van der Waals surface area contributed by atoms with Crippen LogP contribution >= 0.6 is 0 Å². The molecular weight excluding hydrogens is 228 g/mol. The van der Waals surface area contributed by atoms with Crippen molar-refractivity contribution < 1.29 is 0 Å². The predicted octanol–water partition coefficient (Wildman–Crippen LogP) is 5.19. The van der Waals surface area contributed by atoms with E-state index in [0.29, 0.717) is 17.3 Å². The van der Waals surface area contributed by atoms with Gasteiger partial charge in [-0.3, -0.25) is 0 Å². The second kappa shape index (κ2) is 6.95. The summed E-state index contributed by atoms with van der Waals surface area (Å²) >= 11 is 0.0125. The summed E-state index contributed by atoms with van der Waals surface area (Å²) in [6.07, 6.45) is 0. The summed E-state index contributed by atoms with van der Waals surface area (Å²) in [5.74, 6) is 1.43. The number of hydrogen-bond acceptors (Lipinski definition) is 0. The quantitative estimate of drug-likeness (QED) is 0.615. The molecule has 0 aliphatic heterocycles. The first-order valence-electron chi connectivity index (χ1n) is 7.46. The van der Waals surface area contributed by atoms with Gasteiger partial charge in [0.1, 0.15) is 0 Å². The Labute approximate surface area is 123 Å². The summed E-state index contributed by atoms with van der Waals surface area (Å²) in [4.78, 5) is 0. The normalized spacial score (nSPS) is 12.3. The van der Waals surface area contributed by atoms with Crippen LogP contribution in [-0.2, 0) is 5.41 Å². The average molecular weight is 257 g/mol. The highest BCUT2D eigenvalue weighted by atomic mass is 24.5. The van der Waals surface area contributed by atoms with E-state index in [1.165, 1.54) is 4.55 Å². The molecule has 0 N–H and O–H groups in total. The lowest BCUT2D eigenvalue weighted by Crippen LogP contribution is -2.39. The molecule has 0 radical (unpaired) electrons. The molecule has 0 heterocycles. The summed E-state index contributed by atoms with van der Waals surface area (Å²) in [7, 11) is 0. The molecule has 0 aromatic heterocycles. The molecule has 0 bridgehead atoms. The second-order valence-electron chi connectivity index (χ2n) is 6.65. The van der Waals surface area contributed by atoms with Crippen molar-refractivity contribution in [3.8, 4) is 0 Å². The van der Waals surface area contributed by atoms with Gasteiger partial charge in [0.2, 0.25) is 0 Å². The molecule has 0 nitrogen and oxygen atoms in total. The minimum Gasteiger partial charge on any atom is -0.140 e. The Morgan fingerprint density at radius 2 is 1.39 bits per heavy atom. The fourth-order valence-corrected chi connectivity index (χ4v) is 5.83. The van der Waals surface area contributed by atoms with Gasteiger partial charge in [0, 0.05) is 0 Å². The van der Waals surface area contributed by atoms with Crippen molar-refractivity contribution in [2.45, 2.75) is 55.6 Å². The summed E-state index contributed by atoms with van der Waals surface area (Å²) < 4.78 is 2.36. The molecule has 1 heteroatoms. The van der Waals surface area contributed by atoms with Crippen LogP contribution in [0.25, 0.3) is 0 Å². The first-order chi connectivity index (χ1) is 8.41. The first kappa shape index (κ1) is 16.0. The SMILES string of the molecule is C[CH](C)[Mg][CH2]C(c1ccccc1)(C(C)C)C(C)C. The second-order valence-corrected chi connectivity index (χ2v) is 9.36. The van der Waals surface area contributed by atoms with Crippen molar-refractivity contribution in [2.75, 3.05) is 0 Å². The molecule has 98 valence electrons. The van der Waals surface area contributed by atoms with Crippen LogP contribution in [0.3, 0.4) is 0 Å². The lowest BCUT2D eigenvalue weighted by Gasteiger charge is -2.43. The van der Waals surface area contributed by atoms with Crippen LogP contribution in [-0.4, -0.2) is 20.4 Å². The maximum atomic E-state index is 2.40. The minimum absolute atomic E-state index is 0.0125. The molecule has 1 aromatic rings. The standard InChI is InChI=1S/C14H21.C3H7.Mg/c1-11(2)14(5,12(3)4)13-9-7-6-8-10-13;1-3-2;/h6-12H,5H2,1-4H3;3H,1-2H3;. The van der Waals surface area contributed by atoms with Gasteiger partial charge in [-0.1, -0.05) is 71.9 Å². The van der Waals surface area contributed by atoms with Crippen LogP contribution in [0.5, 0.6) is 0 Å².